The van der Waals surface area contributed by atoms with Crippen molar-refractivity contribution >= 4 is 33.4 Å². The fourth-order valence-corrected chi connectivity index (χ4v) is 4.37. The lowest BCUT2D eigenvalue weighted by molar-refractivity contribution is 0.102. The van der Waals surface area contributed by atoms with Crippen molar-refractivity contribution in [2.75, 3.05) is 42.1 Å². The van der Waals surface area contributed by atoms with Crippen LogP contribution in [0.2, 0.25) is 0 Å². The number of rotatable bonds is 5. The van der Waals surface area contributed by atoms with E-state index in [0.717, 1.165) is 0 Å². The summed E-state index contributed by atoms with van der Waals surface area (Å²) in [4.78, 5) is 27.0. The molecule has 4 heterocycles. The van der Waals surface area contributed by atoms with Crippen molar-refractivity contribution in [3.63, 3.8) is 0 Å². The van der Waals surface area contributed by atoms with Crippen LogP contribution < -0.4 is 16.0 Å². The molecule has 160 valence electrons. The Hall–Kier alpha value is -3.51. The highest BCUT2D eigenvalue weighted by Gasteiger charge is 2.30. The zero-order valence-corrected chi connectivity index (χ0v) is 16.6. The number of nitrogen functional groups attached to an aromatic ring is 1. The van der Waals surface area contributed by atoms with Crippen LogP contribution >= 0.6 is 0 Å². The molecule has 3 N–H and O–H groups in total. The monoisotopic (exact) mass is 433 g/mol. The molecule has 0 aromatic carbocycles. The molecule has 12 heteroatoms. The Morgan fingerprint density at radius 3 is 2.63 bits per heavy atom. The SMILES string of the molecule is Nc1ncc(N2CCN(S(=O)(=O)c3ccoc3)CC2)nc1C(=O)Nc1ccccn1.[HH].[HH]. The van der Waals surface area contributed by atoms with E-state index < -0.39 is 15.9 Å². The van der Waals surface area contributed by atoms with Gasteiger partial charge in [-0.05, 0) is 18.2 Å². The first-order valence-corrected chi connectivity index (χ1v) is 10.5. The molecule has 1 aliphatic rings. The Morgan fingerprint density at radius 2 is 1.97 bits per heavy atom. The average molecular weight is 433 g/mol. The van der Waals surface area contributed by atoms with Gasteiger partial charge in [-0.1, -0.05) is 6.07 Å². The van der Waals surface area contributed by atoms with E-state index in [9.17, 15) is 13.2 Å². The van der Waals surface area contributed by atoms with Gasteiger partial charge in [0, 0.05) is 35.2 Å². The van der Waals surface area contributed by atoms with Crippen molar-refractivity contribution < 1.29 is 20.5 Å². The third kappa shape index (κ3) is 3.95. The smallest absolute Gasteiger partial charge is 0.279 e. The molecule has 0 atom stereocenters. The predicted octanol–water partition coefficient (Wildman–Crippen LogP) is 1.30. The summed E-state index contributed by atoms with van der Waals surface area (Å²) in [5.41, 5.74) is 5.82. The first kappa shape index (κ1) is 19.8. The average Bonchev–Trinajstić information content (AvgIpc) is 3.31. The van der Waals surface area contributed by atoms with Crippen molar-refractivity contribution in [2.45, 2.75) is 4.90 Å². The Balaban J connectivity index is 0.00000181. The molecule has 0 aliphatic carbocycles. The molecule has 0 radical (unpaired) electrons. The van der Waals surface area contributed by atoms with Gasteiger partial charge in [-0.25, -0.2) is 23.4 Å². The summed E-state index contributed by atoms with van der Waals surface area (Å²) in [6, 6.07) is 6.53. The van der Waals surface area contributed by atoms with E-state index in [1.807, 2.05) is 4.90 Å². The highest BCUT2D eigenvalue weighted by molar-refractivity contribution is 7.89. The Labute approximate surface area is 175 Å². The Bertz CT molecular complexity index is 1140. The minimum Gasteiger partial charge on any atom is -0.471 e. The van der Waals surface area contributed by atoms with Gasteiger partial charge in [-0.2, -0.15) is 4.31 Å². The summed E-state index contributed by atoms with van der Waals surface area (Å²) >= 11 is 0. The van der Waals surface area contributed by atoms with Gasteiger partial charge < -0.3 is 20.4 Å². The minimum atomic E-state index is -3.60. The lowest BCUT2D eigenvalue weighted by Gasteiger charge is -2.34. The van der Waals surface area contributed by atoms with Gasteiger partial charge in [0.25, 0.3) is 5.91 Å². The van der Waals surface area contributed by atoms with E-state index in [0.29, 0.717) is 24.7 Å². The van der Waals surface area contributed by atoms with E-state index in [2.05, 4.69) is 20.3 Å². The number of hydrogen-bond acceptors (Lipinski definition) is 9. The molecular formula is C18H23N7O4S. The van der Waals surface area contributed by atoms with Crippen molar-refractivity contribution in [1.82, 2.24) is 19.3 Å². The van der Waals surface area contributed by atoms with Crippen LogP contribution in [0.3, 0.4) is 0 Å². The highest BCUT2D eigenvalue weighted by Crippen LogP contribution is 2.21. The first-order valence-electron chi connectivity index (χ1n) is 9.07. The standard InChI is InChI=1S/C18H19N7O4S.2H2/c19-17-16(18(26)22-14-3-1-2-5-20-14)23-15(11-21-17)24-6-8-25(9-7-24)30(27,28)13-4-10-29-12-13;;/h1-5,10-12H,6-9H2,(H2,19,21)(H,20,22,26);2*1H. The zero-order chi connectivity index (χ0) is 21.1. The molecule has 3 aromatic rings. The summed E-state index contributed by atoms with van der Waals surface area (Å²) in [6.45, 7) is 1.29. The number of carbonyl (C=O) groups excluding carboxylic acids is 1. The number of nitrogens with zero attached hydrogens (tertiary/aromatic N) is 5. The Morgan fingerprint density at radius 1 is 1.17 bits per heavy atom. The van der Waals surface area contributed by atoms with Crippen molar-refractivity contribution in [3.05, 3.63) is 54.9 Å². The van der Waals surface area contributed by atoms with Gasteiger partial charge in [-0.15, -0.1) is 0 Å². The third-order valence-corrected chi connectivity index (χ3v) is 6.48. The van der Waals surface area contributed by atoms with E-state index in [1.54, 1.807) is 24.4 Å². The number of aromatic nitrogens is 3. The van der Waals surface area contributed by atoms with Gasteiger partial charge in [0.05, 0.1) is 12.5 Å². The van der Waals surface area contributed by atoms with E-state index in [-0.39, 0.29) is 32.4 Å². The number of furan rings is 1. The fourth-order valence-electron chi connectivity index (χ4n) is 3.03. The van der Waals surface area contributed by atoms with E-state index in [4.69, 9.17) is 10.2 Å². The molecule has 0 spiro atoms. The van der Waals surface area contributed by atoms with Crippen LogP contribution in [0.25, 0.3) is 0 Å². The van der Waals surface area contributed by atoms with Gasteiger partial charge in [0.15, 0.2) is 11.5 Å². The molecule has 0 bridgehead atoms. The van der Waals surface area contributed by atoms with Gasteiger partial charge >= 0.3 is 0 Å². The van der Waals surface area contributed by atoms with Crippen molar-refractivity contribution in [3.8, 4) is 0 Å². The lowest BCUT2D eigenvalue weighted by atomic mass is 10.3. The lowest BCUT2D eigenvalue weighted by Crippen LogP contribution is -2.49. The number of anilines is 3. The topological polar surface area (TPSA) is 148 Å². The number of nitrogens with one attached hydrogen (secondary N) is 1. The van der Waals surface area contributed by atoms with E-state index >= 15 is 0 Å². The first-order chi connectivity index (χ1) is 14.4. The molecule has 4 rings (SSSR count). The molecule has 1 aliphatic heterocycles. The van der Waals surface area contributed by atoms with Crippen LogP contribution in [0.1, 0.15) is 13.3 Å². The van der Waals surface area contributed by atoms with Crippen LogP contribution in [-0.2, 0) is 10.0 Å². The second-order valence-corrected chi connectivity index (χ2v) is 8.42. The summed E-state index contributed by atoms with van der Waals surface area (Å²) in [6.07, 6.45) is 5.55. The van der Waals surface area contributed by atoms with Crippen LogP contribution in [0, 0.1) is 0 Å². The quantitative estimate of drug-likeness (QED) is 0.607. The van der Waals surface area contributed by atoms with Crippen molar-refractivity contribution in [1.29, 1.82) is 0 Å². The molecule has 1 amide bonds. The number of piperazine rings is 1. The zero-order valence-electron chi connectivity index (χ0n) is 15.8. The number of carbonyl (C=O) groups is 1. The van der Waals surface area contributed by atoms with Crippen molar-refractivity contribution in [2.24, 2.45) is 0 Å². The van der Waals surface area contributed by atoms with Gasteiger partial charge in [0.1, 0.15) is 22.8 Å². The molecule has 3 aromatic heterocycles. The maximum atomic E-state index is 12.6. The summed E-state index contributed by atoms with van der Waals surface area (Å²) in [7, 11) is -3.60. The molecular weight excluding hydrogens is 410 g/mol. The largest absolute Gasteiger partial charge is 0.471 e. The number of nitrogens with two attached hydrogens (primary N) is 1. The normalized spacial score (nSPS) is 15.1. The molecule has 30 heavy (non-hydrogen) atoms. The second kappa shape index (κ2) is 8.08. The number of amides is 1. The maximum Gasteiger partial charge on any atom is 0.279 e. The molecule has 1 saturated heterocycles. The highest BCUT2D eigenvalue weighted by atomic mass is 32.2. The molecule has 1 fully saturated rings. The third-order valence-electron chi connectivity index (χ3n) is 4.61. The molecule has 0 unspecified atom stereocenters. The van der Waals surface area contributed by atoms with E-state index in [1.165, 1.54) is 29.1 Å². The molecule has 0 saturated carbocycles. The number of sulfonamides is 1. The summed E-state index contributed by atoms with van der Waals surface area (Å²) in [5, 5.41) is 2.62. The number of pyridine rings is 1. The summed E-state index contributed by atoms with van der Waals surface area (Å²) in [5.74, 6) is 0.276. The van der Waals surface area contributed by atoms with Crippen LogP contribution in [0.5, 0.6) is 0 Å². The predicted molar refractivity (Wildman–Crippen MR) is 113 cm³/mol. The summed E-state index contributed by atoms with van der Waals surface area (Å²) < 4.78 is 31.5. The number of hydrogen-bond donors (Lipinski definition) is 2. The molecule has 11 nitrogen and oxygen atoms in total. The fraction of sp³-hybridized carbons (Fsp3) is 0.222. The van der Waals surface area contributed by atoms with Gasteiger partial charge in [-0.3, -0.25) is 4.79 Å². The Kier molecular flexibility index (Phi) is 5.33. The minimum absolute atomic E-state index is 0. The van der Waals surface area contributed by atoms with Gasteiger partial charge in [0.2, 0.25) is 10.0 Å². The second-order valence-electron chi connectivity index (χ2n) is 6.48. The van der Waals surface area contributed by atoms with Crippen LogP contribution in [-0.4, -0.2) is 59.8 Å². The van der Waals surface area contributed by atoms with Crippen LogP contribution in [0.4, 0.5) is 17.5 Å². The maximum absolute atomic E-state index is 12.6. The van der Waals surface area contributed by atoms with Crippen LogP contribution in [0.15, 0.2) is 58.5 Å².